The largest absolute Gasteiger partial charge is 0.497 e. The molecule has 3 aromatic heterocycles. The average Bonchev–Trinajstić information content (AvgIpc) is 3.05. The van der Waals surface area contributed by atoms with Crippen LogP contribution in [0.3, 0.4) is 0 Å². The van der Waals surface area contributed by atoms with Crippen LogP contribution in [0.4, 0.5) is 0 Å². The first kappa shape index (κ1) is 14.0. The topological polar surface area (TPSA) is 50.8 Å². The van der Waals surface area contributed by atoms with E-state index in [1.807, 2.05) is 54.9 Å². The summed E-state index contributed by atoms with van der Waals surface area (Å²) in [6, 6.07) is 18.3. The molecule has 3 heterocycles. The van der Waals surface area contributed by atoms with E-state index in [1.165, 1.54) is 0 Å². The van der Waals surface area contributed by atoms with Gasteiger partial charge in [-0.2, -0.15) is 0 Å². The second-order valence-corrected chi connectivity index (χ2v) is 5.99. The van der Waals surface area contributed by atoms with Crippen LogP contribution in [0.2, 0.25) is 0 Å². The number of rotatable bonds is 2. The molecule has 120 valence electrons. The zero-order valence-corrected chi connectivity index (χ0v) is 13.7. The number of hydrogen-bond acceptors (Lipinski definition) is 3. The van der Waals surface area contributed by atoms with Crippen molar-refractivity contribution >= 4 is 32.7 Å². The monoisotopic (exact) mass is 325 g/mol. The molecule has 2 aromatic carbocycles. The van der Waals surface area contributed by atoms with Gasteiger partial charge in [0.25, 0.3) is 0 Å². The molecule has 0 aliphatic carbocycles. The third-order valence-electron chi connectivity index (χ3n) is 4.63. The number of para-hydroxylation sites is 1. The van der Waals surface area contributed by atoms with Crippen molar-refractivity contribution in [3.63, 3.8) is 0 Å². The Hall–Kier alpha value is -3.40. The minimum absolute atomic E-state index is 0.848. The van der Waals surface area contributed by atoms with E-state index in [0.717, 1.165) is 49.7 Å². The maximum atomic E-state index is 5.38. The van der Waals surface area contributed by atoms with Gasteiger partial charge in [0.15, 0.2) is 0 Å². The van der Waals surface area contributed by atoms with Crippen LogP contribution in [0.15, 0.2) is 67.0 Å². The van der Waals surface area contributed by atoms with Crippen molar-refractivity contribution in [2.75, 3.05) is 7.11 Å². The zero-order valence-electron chi connectivity index (χ0n) is 13.7. The summed E-state index contributed by atoms with van der Waals surface area (Å²) in [5.74, 6) is 0.848. The minimum Gasteiger partial charge on any atom is -0.497 e. The molecule has 0 bridgehead atoms. The van der Waals surface area contributed by atoms with Crippen LogP contribution in [-0.2, 0) is 0 Å². The van der Waals surface area contributed by atoms with Gasteiger partial charge in [0, 0.05) is 39.6 Å². The Balaban J connectivity index is 1.87. The summed E-state index contributed by atoms with van der Waals surface area (Å²) in [5, 5.41) is 3.37. The lowest BCUT2D eigenvalue weighted by molar-refractivity contribution is 0.415. The summed E-state index contributed by atoms with van der Waals surface area (Å²) in [4.78, 5) is 12.7. The lowest BCUT2D eigenvalue weighted by Gasteiger charge is -2.06. The van der Waals surface area contributed by atoms with Gasteiger partial charge >= 0.3 is 0 Å². The number of nitrogens with zero attached hydrogens (tertiary/aromatic N) is 2. The molecule has 0 radical (unpaired) electrons. The highest BCUT2D eigenvalue weighted by Crippen LogP contribution is 2.35. The third-order valence-corrected chi connectivity index (χ3v) is 4.63. The molecule has 1 N–H and O–H groups in total. The van der Waals surface area contributed by atoms with Gasteiger partial charge in [0.1, 0.15) is 5.75 Å². The van der Waals surface area contributed by atoms with Crippen LogP contribution in [0.25, 0.3) is 44.0 Å². The van der Waals surface area contributed by atoms with Crippen molar-refractivity contribution in [2.45, 2.75) is 0 Å². The number of ether oxygens (including phenoxy) is 1. The molecule has 4 nitrogen and oxygen atoms in total. The molecule has 0 spiro atoms. The van der Waals surface area contributed by atoms with Gasteiger partial charge in [-0.1, -0.05) is 18.2 Å². The molecule has 0 saturated heterocycles. The smallest absolute Gasteiger partial charge is 0.119 e. The Morgan fingerprint density at radius 3 is 2.64 bits per heavy atom. The summed E-state index contributed by atoms with van der Waals surface area (Å²) in [6.07, 6.45) is 3.70. The van der Waals surface area contributed by atoms with E-state index < -0.39 is 0 Å². The first-order valence-electron chi connectivity index (χ1n) is 8.14. The van der Waals surface area contributed by atoms with E-state index in [4.69, 9.17) is 4.74 Å². The number of methoxy groups -OCH3 is 1. The molecule has 0 saturated carbocycles. The molecule has 0 fully saturated rings. The average molecular weight is 325 g/mol. The Bertz CT molecular complexity index is 1230. The van der Waals surface area contributed by atoms with Gasteiger partial charge in [-0.05, 0) is 36.4 Å². The number of H-pyrrole nitrogens is 1. The molecule has 5 rings (SSSR count). The van der Waals surface area contributed by atoms with E-state index in [9.17, 15) is 0 Å². The Kier molecular flexibility index (Phi) is 2.97. The number of hydrogen-bond donors (Lipinski definition) is 1. The van der Waals surface area contributed by atoms with Crippen LogP contribution in [0.5, 0.6) is 5.75 Å². The molecule has 0 amide bonds. The van der Waals surface area contributed by atoms with Gasteiger partial charge in [-0.3, -0.25) is 9.97 Å². The highest BCUT2D eigenvalue weighted by molar-refractivity contribution is 6.13. The molecule has 5 aromatic rings. The second-order valence-electron chi connectivity index (χ2n) is 5.99. The number of fused-ring (bicyclic) bond motifs is 4. The highest BCUT2D eigenvalue weighted by atomic mass is 16.5. The van der Waals surface area contributed by atoms with Crippen LogP contribution >= 0.6 is 0 Å². The summed E-state index contributed by atoms with van der Waals surface area (Å²) < 4.78 is 5.38. The zero-order chi connectivity index (χ0) is 16.8. The van der Waals surface area contributed by atoms with Gasteiger partial charge in [0.05, 0.1) is 23.8 Å². The maximum absolute atomic E-state index is 5.38. The molecular weight excluding hydrogens is 310 g/mol. The fourth-order valence-corrected chi connectivity index (χ4v) is 3.44. The van der Waals surface area contributed by atoms with Gasteiger partial charge in [0.2, 0.25) is 0 Å². The lowest BCUT2D eigenvalue weighted by atomic mass is 10.0. The van der Waals surface area contributed by atoms with E-state index in [0.29, 0.717) is 0 Å². The molecule has 25 heavy (non-hydrogen) atoms. The fourth-order valence-electron chi connectivity index (χ4n) is 3.44. The summed E-state index contributed by atoms with van der Waals surface area (Å²) >= 11 is 0. The Labute approximate surface area is 144 Å². The van der Waals surface area contributed by atoms with E-state index in [-0.39, 0.29) is 0 Å². The summed E-state index contributed by atoms with van der Waals surface area (Å²) in [6.45, 7) is 0. The first-order chi connectivity index (χ1) is 12.3. The fraction of sp³-hybridized carbons (Fsp3) is 0.0476. The van der Waals surface area contributed by atoms with Crippen molar-refractivity contribution in [1.29, 1.82) is 0 Å². The quantitative estimate of drug-likeness (QED) is 0.500. The molecule has 0 atom stereocenters. The first-order valence-corrected chi connectivity index (χ1v) is 8.14. The molecule has 0 aliphatic rings. The summed E-state index contributed by atoms with van der Waals surface area (Å²) in [5.41, 5.74) is 5.09. The molecule has 0 aliphatic heterocycles. The van der Waals surface area contributed by atoms with Crippen LogP contribution in [-0.4, -0.2) is 22.1 Å². The normalized spacial score (nSPS) is 11.4. The number of aromatic amines is 1. The van der Waals surface area contributed by atoms with Crippen LogP contribution in [0, 0.1) is 0 Å². The van der Waals surface area contributed by atoms with E-state index >= 15 is 0 Å². The van der Waals surface area contributed by atoms with Crippen molar-refractivity contribution in [3.05, 3.63) is 67.0 Å². The Morgan fingerprint density at radius 2 is 1.72 bits per heavy atom. The molecule has 4 heteroatoms. The maximum Gasteiger partial charge on any atom is 0.119 e. The van der Waals surface area contributed by atoms with Gasteiger partial charge in [-0.25, -0.2) is 0 Å². The number of pyridine rings is 2. The van der Waals surface area contributed by atoms with Crippen LogP contribution in [0.1, 0.15) is 0 Å². The molecular formula is C21H15N3O. The van der Waals surface area contributed by atoms with Crippen molar-refractivity contribution in [3.8, 4) is 17.0 Å². The van der Waals surface area contributed by atoms with E-state index in [2.05, 4.69) is 27.1 Å². The van der Waals surface area contributed by atoms with Crippen molar-refractivity contribution in [2.24, 2.45) is 0 Å². The summed E-state index contributed by atoms with van der Waals surface area (Å²) in [7, 11) is 1.69. The van der Waals surface area contributed by atoms with Crippen molar-refractivity contribution < 1.29 is 4.74 Å². The molecule has 0 unspecified atom stereocenters. The number of nitrogens with one attached hydrogen (secondary N) is 1. The highest BCUT2D eigenvalue weighted by Gasteiger charge is 2.13. The number of benzene rings is 2. The predicted octanol–water partition coefficient (Wildman–Crippen LogP) is 4.94. The third kappa shape index (κ3) is 2.08. The number of aromatic nitrogens is 3. The SMILES string of the molecule is COc1ccc2[nH]c3c(-c4ccnc5ccccc45)nccc3c2c1. The van der Waals surface area contributed by atoms with Crippen LogP contribution < -0.4 is 4.74 Å². The van der Waals surface area contributed by atoms with Crippen molar-refractivity contribution in [1.82, 2.24) is 15.0 Å². The predicted molar refractivity (Wildman–Crippen MR) is 101 cm³/mol. The second kappa shape index (κ2) is 5.31. The minimum atomic E-state index is 0.848. The Morgan fingerprint density at radius 1 is 0.840 bits per heavy atom. The van der Waals surface area contributed by atoms with Gasteiger partial charge in [-0.15, -0.1) is 0 Å². The van der Waals surface area contributed by atoms with Gasteiger partial charge < -0.3 is 9.72 Å². The lowest BCUT2D eigenvalue weighted by Crippen LogP contribution is -1.88. The standard InChI is InChI=1S/C21H15N3O/c1-25-13-6-7-19-17(12-13)16-9-11-23-20(21(16)24-19)15-8-10-22-18-5-3-2-4-14(15)18/h2-12,24H,1H3. The van der Waals surface area contributed by atoms with E-state index in [1.54, 1.807) is 7.11 Å².